The second-order valence-corrected chi connectivity index (χ2v) is 12.6. The average molecular weight is 548 g/mol. The number of hydrogen-bond acceptors (Lipinski definition) is 7. The zero-order chi connectivity index (χ0) is 26.6. The first-order valence-electron chi connectivity index (χ1n) is 13.3. The van der Waals surface area contributed by atoms with Crippen LogP contribution in [0.25, 0.3) is 0 Å². The van der Waals surface area contributed by atoms with Gasteiger partial charge < -0.3 is 10.1 Å². The number of nitrogens with one attached hydrogen (secondary N) is 1. The molecule has 1 atom stereocenters. The van der Waals surface area contributed by atoms with Crippen LogP contribution in [-0.4, -0.2) is 61.8 Å². The first-order valence-corrected chi connectivity index (χ1v) is 15.5. The molecule has 1 aromatic heterocycles. The minimum absolute atomic E-state index is 0.0149. The molecular weight excluding hydrogens is 510 g/mol. The Labute approximate surface area is 224 Å². The number of carbonyl (C=O) groups is 2. The normalized spacial score (nSPS) is 18.8. The van der Waals surface area contributed by atoms with Crippen LogP contribution in [0.3, 0.4) is 0 Å². The maximum atomic E-state index is 13.3. The summed E-state index contributed by atoms with van der Waals surface area (Å²) in [5, 5.41) is 3.40. The van der Waals surface area contributed by atoms with Gasteiger partial charge in [0, 0.05) is 36.1 Å². The Kier molecular flexibility index (Phi) is 9.05. The van der Waals surface area contributed by atoms with Gasteiger partial charge >= 0.3 is 5.97 Å². The van der Waals surface area contributed by atoms with Gasteiger partial charge in [-0.2, -0.15) is 4.31 Å². The van der Waals surface area contributed by atoms with Crippen LogP contribution in [0.5, 0.6) is 0 Å². The fourth-order valence-corrected chi connectivity index (χ4v) is 8.30. The van der Waals surface area contributed by atoms with E-state index in [0.717, 1.165) is 68.6 Å². The number of ether oxygens (including phenoxy) is 1. The third-order valence-electron chi connectivity index (χ3n) is 7.15. The number of thiophene rings is 1. The molecule has 4 rings (SSSR count). The number of nitrogens with zero attached hydrogens (tertiary/aromatic N) is 2. The highest BCUT2D eigenvalue weighted by Crippen LogP contribution is 2.38. The molecule has 37 heavy (non-hydrogen) atoms. The van der Waals surface area contributed by atoms with Crippen molar-refractivity contribution in [3.63, 3.8) is 0 Å². The highest BCUT2D eigenvalue weighted by molar-refractivity contribution is 7.89. The van der Waals surface area contributed by atoms with Crippen LogP contribution in [0.1, 0.15) is 84.0 Å². The standard InChI is InChI=1S/C27H37N3O5S2/c1-4-15-29-17-14-22-23(18-29)36-26(24(22)27(32)35-6-3)28-25(31)19-10-12-21(13-11-19)37(33,34)30-16-8-7-9-20(30)5-2/h10-13,20H,4-9,14-18H2,1-3H3,(H,28,31). The predicted octanol–water partition coefficient (Wildman–Crippen LogP) is 4.90. The van der Waals surface area contributed by atoms with Crippen molar-refractivity contribution >= 4 is 38.2 Å². The lowest BCUT2D eigenvalue weighted by molar-refractivity contribution is 0.0526. The highest BCUT2D eigenvalue weighted by Gasteiger charge is 2.33. The molecule has 1 saturated heterocycles. The molecule has 1 aromatic carbocycles. The van der Waals surface area contributed by atoms with Crippen LogP contribution in [0.4, 0.5) is 5.00 Å². The number of rotatable bonds is 9. The number of fused-ring (bicyclic) bond motifs is 1. The Hall–Kier alpha value is -2.27. The summed E-state index contributed by atoms with van der Waals surface area (Å²) in [4.78, 5) is 29.6. The van der Waals surface area contributed by atoms with Gasteiger partial charge in [0.25, 0.3) is 5.91 Å². The van der Waals surface area contributed by atoms with Gasteiger partial charge in [0.15, 0.2) is 0 Å². The molecule has 0 bridgehead atoms. The topological polar surface area (TPSA) is 96.0 Å². The summed E-state index contributed by atoms with van der Waals surface area (Å²) in [5.41, 5.74) is 1.74. The van der Waals surface area contributed by atoms with E-state index in [4.69, 9.17) is 4.74 Å². The largest absolute Gasteiger partial charge is 0.462 e. The number of benzene rings is 1. The van der Waals surface area contributed by atoms with Crippen molar-refractivity contribution < 1.29 is 22.7 Å². The Balaban J connectivity index is 1.55. The second-order valence-electron chi connectivity index (χ2n) is 9.61. The Morgan fingerprint density at radius 3 is 2.54 bits per heavy atom. The summed E-state index contributed by atoms with van der Waals surface area (Å²) < 4.78 is 33.5. The number of piperidine rings is 1. The molecule has 0 aliphatic carbocycles. The maximum Gasteiger partial charge on any atom is 0.341 e. The van der Waals surface area contributed by atoms with Gasteiger partial charge in [0.1, 0.15) is 5.00 Å². The van der Waals surface area contributed by atoms with E-state index in [9.17, 15) is 18.0 Å². The van der Waals surface area contributed by atoms with Crippen LogP contribution in [0.2, 0.25) is 0 Å². The summed E-state index contributed by atoms with van der Waals surface area (Å²) in [6.45, 7) is 9.30. The summed E-state index contributed by atoms with van der Waals surface area (Å²) in [5.74, 6) is -0.810. The Morgan fingerprint density at radius 2 is 1.86 bits per heavy atom. The van der Waals surface area contributed by atoms with Crippen molar-refractivity contribution in [2.45, 2.75) is 76.8 Å². The summed E-state index contributed by atoms with van der Waals surface area (Å²) in [6, 6.07) is 6.09. The molecule has 0 spiro atoms. The van der Waals surface area contributed by atoms with Gasteiger partial charge in [0.2, 0.25) is 10.0 Å². The van der Waals surface area contributed by atoms with E-state index in [0.29, 0.717) is 22.7 Å². The van der Waals surface area contributed by atoms with Crippen molar-refractivity contribution in [3.8, 4) is 0 Å². The molecule has 1 amide bonds. The lowest BCUT2D eigenvalue weighted by Crippen LogP contribution is -2.43. The lowest BCUT2D eigenvalue weighted by Gasteiger charge is -2.34. The third kappa shape index (κ3) is 5.92. The van der Waals surface area contributed by atoms with Crippen LogP contribution in [0, 0.1) is 0 Å². The van der Waals surface area contributed by atoms with Crippen molar-refractivity contribution in [2.75, 3.05) is 31.6 Å². The quantitative estimate of drug-likeness (QED) is 0.449. The van der Waals surface area contributed by atoms with Gasteiger partial charge in [-0.1, -0.05) is 20.3 Å². The SMILES string of the molecule is CCCN1CCc2c(sc(NC(=O)c3ccc(S(=O)(=O)N4CCCCC4CC)cc3)c2C(=O)OCC)C1. The number of esters is 1. The zero-order valence-electron chi connectivity index (χ0n) is 21.9. The summed E-state index contributed by atoms with van der Waals surface area (Å²) in [6.07, 6.45) is 5.35. The molecule has 2 aromatic rings. The Morgan fingerprint density at radius 1 is 1.11 bits per heavy atom. The number of sulfonamides is 1. The zero-order valence-corrected chi connectivity index (χ0v) is 23.6. The molecule has 1 N–H and O–H groups in total. The Bertz CT molecular complexity index is 1220. The van der Waals surface area contributed by atoms with Gasteiger partial charge in [-0.05, 0) is 75.4 Å². The smallest absolute Gasteiger partial charge is 0.341 e. The van der Waals surface area contributed by atoms with Gasteiger partial charge in [-0.15, -0.1) is 11.3 Å². The van der Waals surface area contributed by atoms with E-state index in [2.05, 4.69) is 17.1 Å². The fraction of sp³-hybridized carbons (Fsp3) is 0.556. The molecule has 1 fully saturated rings. The highest BCUT2D eigenvalue weighted by atomic mass is 32.2. The number of anilines is 1. The molecule has 2 aliphatic heterocycles. The van der Waals surface area contributed by atoms with Crippen LogP contribution >= 0.6 is 11.3 Å². The van der Waals surface area contributed by atoms with Gasteiger partial charge in [-0.3, -0.25) is 9.69 Å². The van der Waals surface area contributed by atoms with Crippen molar-refractivity contribution in [1.82, 2.24) is 9.21 Å². The van der Waals surface area contributed by atoms with Crippen molar-refractivity contribution in [3.05, 3.63) is 45.8 Å². The lowest BCUT2D eigenvalue weighted by atomic mass is 10.0. The van der Waals surface area contributed by atoms with E-state index in [1.165, 1.54) is 35.6 Å². The van der Waals surface area contributed by atoms with Crippen molar-refractivity contribution in [1.29, 1.82) is 0 Å². The number of carbonyl (C=O) groups excluding carboxylic acids is 2. The van der Waals surface area contributed by atoms with Crippen LogP contribution in [0.15, 0.2) is 29.2 Å². The molecule has 2 aliphatic rings. The van der Waals surface area contributed by atoms with E-state index in [1.54, 1.807) is 11.2 Å². The van der Waals surface area contributed by atoms with Crippen LogP contribution in [-0.2, 0) is 27.7 Å². The molecule has 8 nitrogen and oxygen atoms in total. The molecule has 202 valence electrons. The fourth-order valence-electron chi connectivity index (χ4n) is 5.26. The predicted molar refractivity (Wildman–Crippen MR) is 146 cm³/mol. The minimum Gasteiger partial charge on any atom is -0.462 e. The van der Waals surface area contributed by atoms with E-state index >= 15 is 0 Å². The summed E-state index contributed by atoms with van der Waals surface area (Å²) >= 11 is 1.42. The maximum absolute atomic E-state index is 13.3. The molecular formula is C27H37N3O5S2. The van der Waals surface area contributed by atoms with Crippen molar-refractivity contribution in [2.24, 2.45) is 0 Å². The minimum atomic E-state index is -3.62. The monoisotopic (exact) mass is 547 g/mol. The van der Waals surface area contributed by atoms with E-state index in [1.807, 2.05) is 6.92 Å². The number of amides is 1. The summed E-state index contributed by atoms with van der Waals surface area (Å²) in [7, 11) is -3.62. The van der Waals surface area contributed by atoms with Gasteiger partial charge in [-0.25, -0.2) is 13.2 Å². The second kappa shape index (κ2) is 12.1. The molecule has 0 radical (unpaired) electrons. The first kappa shape index (κ1) is 27.8. The van der Waals surface area contributed by atoms with Gasteiger partial charge in [0.05, 0.1) is 17.1 Å². The molecule has 0 saturated carbocycles. The average Bonchev–Trinajstić information content (AvgIpc) is 3.26. The molecule has 10 heteroatoms. The van der Waals surface area contributed by atoms with Crippen LogP contribution < -0.4 is 5.32 Å². The number of hydrogen-bond donors (Lipinski definition) is 1. The third-order valence-corrected chi connectivity index (χ3v) is 10.2. The molecule has 3 heterocycles. The van der Waals surface area contributed by atoms with E-state index < -0.39 is 16.0 Å². The first-order chi connectivity index (χ1) is 17.8. The molecule has 1 unspecified atom stereocenters. The van der Waals surface area contributed by atoms with E-state index in [-0.39, 0.29) is 23.5 Å².